The zero-order valence-corrected chi connectivity index (χ0v) is 17.7. The number of carbonyl (C=O) groups is 1. The lowest BCUT2D eigenvalue weighted by molar-refractivity contribution is 0.0929. The van der Waals surface area contributed by atoms with Crippen molar-refractivity contribution >= 4 is 5.91 Å². The van der Waals surface area contributed by atoms with Gasteiger partial charge in [0.2, 0.25) is 0 Å². The molecule has 0 fully saturated rings. The van der Waals surface area contributed by atoms with Crippen molar-refractivity contribution in [2.24, 2.45) is 0 Å². The first-order valence-corrected chi connectivity index (χ1v) is 9.92. The number of likely N-dealkylation sites (N-methyl/N-ethyl adjacent to an activating group) is 1. The van der Waals surface area contributed by atoms with Gasteiger partial charge in [0, 0.05) is 12.1 Å². The fraction of sp³-hybridized carbons (Fsp3) is 0.240. The second-order valence-electron chi connectivity index (χ2n) is 7.34. The molecule has 0 unspecified atom stereocenters. The van der Waals surface area contributed by atoms with Gasteiger partial charge >= 0.3 is 0 Å². The molecule has 0 aliphatic rings. The van der Waals surface area contributed by atoms with Crippen molar-refractivity contribution in [1.82, 2.24) is 10.2 Å². The molecule has 1 atom stereocenters. The van der Waals surface area contributed by atoms with Crippen LogP contribution in [0.1, 0.15) is 27.5 Å². The van der Waals surface area contributed by atoms with E-state index in [1.807, 2.05) is 74.8 Å². The Morgan fingerprint density at radius 1 is 0.933 bits per heavy atom. The maximum absolute atomic E-state index is 12.9. The number of carbonyl (C=O) groups excluding carboxylic acids is 1. The molecule has 5 heteroatoms. The highest BCUT2D eigenvalue weighted by atomic mass is 16.5. The summed E-state index contributed by atoms with van der Waals surface area (Å²) in [5, 5.41) is 3.13. The predicted octanol–water partition coefficient (Wildman–Crippen LogP) is 4.31. The number of ether oxygens (including phenoxy) is 2. The van der Waals surface area contributed by atoms with Gasteiger partial charge in [-0.1, -0.05) is 60.7 Å². The van der Waals surface area contributed by atoms with Crippen molar-refractivity contribution in [3.63, 3.8) is 0 Å². The molecule has 0 radical (unpaired) electrons. The van der Waals surface area contributed by atoms with Crippen LogP contribution in [0.15, 0.2) is 78.9 Å². The largest absolute Gasteiger partial charge is 0.493 e. The van der Waals surface area contributed by atoms with Crippen LogP contribution in [0.5, 0.6) is 11.5 Å². The summed E-state index contributed by atoms with van der Waals surface area (Å²) in [7, 11) is 5.55. The third-order valence-electron chi connectivity index (χ3n) is 4.72. The normalized spacial score (nSPS) is 11.7. The maximum atomic E-state index is 12.9. The van der Waals surface area contributed by atoms with E-state index in [4.69, 9.17) is 9.47 Å². The molecule has 0 heterocycles. The van der Waals surface area contributed by atoms with Crippen LogP contribution in [0.25, 0.3) is 0 Å². The zero-order valence-electron chi connectivity index (χ0n) is 17.7. The zero-order chi connectivity index (χ0) is 21.3. The molecule has 0 saturated heterocycles. The van der Waals surface area contributed by atoms with E-state index < -0.39 is 0 Å². The van der Waals surface area contributed by atoms with Crippen molar-refractivity contribution in [2.75, 3.05) is 27.7 Å². The van der Waals surface area contributed by atoms with Crippen LogP contribution < -0.4 is 14.8 Å². The quantitative estimate of drug-likeness (QED) is 0.578. The average Bonchev–Trinajstić information content (AvgIpc) is 2.78. The standard InChI is InChI=1S/C25H28N2O3/c1-27(2)17-22(20-12-8-5-9-13-20)26-25(28)21-14-15-23(24(16-21)29-3)30-18-19-10-6-4-7-11-19/h4-16,22H,17-18H2,1-3H3,(H,26,28)/t22-/m1/s1. The minimum Gasteiger partial charge on any atom is -0.493 e. The molecular weight excluding hydrogens is 376 g/mol. The molecule has 0 aromatic heterocycles. The van der Waals surface area contributed by atoms with Gasteiger partial charge in [0.25, 0.3) is 5.91 Å². The molecule has 0 spiro atoms. The summed E-state index contributed by atoms with van der Waals surface area (Å²) in [4.78, 5) is 15.0. The molecule has 5 nitrogen and oxygen atoms in total. The topological polar surface area (TPSA) is 50.8 Å². The molecule has 0 bridgehead atoms. The van der Waals surface area contributed by atoms with Crippen LogP contribution in [0.4, 0.5) is 0 Å². The average molecular weight is 405 g/mol. The summed E-state index contributed by atoms with van der Waals surface area (Å²) in [5.41, 5.74) is 2.66. The molecule has 1 amide bonds. The van der Waals surface area contributed by atoms with Gasteiger partial charge in [-0.3, -0.25) is 4.79 Å². The van der Waals surface area contributed by atoms with E-state index in [-0.39, 0.29) is 11.9 Å². The molecule has 30 heavy (non-hydrogen) atoms. The van der Waals surface area contributed by atoms with Crippen molar-refractivity contribution in [1.29, 1.82) is 0 Å². The Morgan fingerprint density at radius 3 is 2.23 bits per heavy atom. The van der Waals surface area contributed by atoms with Crippen LogP contribution in [-0.4, -0.2) is 38.6 Å². The number of hydrogen-bond donors (Lipinski definition) is 1. The smallest absolute Gasteiger partial charge is 0.251 e. The molecule has 0 aliphatic carbocycles. The summed E-state index contributed by atoms with van der Waals surface area (Å²) >= 11 is 0. The van der Waals surface area contributed by atoms with E-state index >= 15 is 0 Å². The molecular formula is C25H28N2O3. The number of amides is 1. The van der Waals surface area contributed by atoms with Crippen LogP contribution in [0.3, 0.4) is 0 Å². The Hall–Kier alpha value is -3.31. The highest BCUT2D eigenvalue weighted by molar-refractivity contribution is 5.95. The van der Waals surface area contributed by atoms with E-state index in [9.17, 15) is 4.79 Å². The van der Waals surface area contributed by atoms with E-state index in [0.29, 0.717) is 30.2 Å². The predicted molar refractivity (Wildman–Crippen MR) is 119 cm³/mol. The maximum Gasteiger partial charge on any atom is 0.251 e. The third kappa shape index (κ3) is 5.84. The summed E-state index contributed by atoms with van der Waals surface area (Å²) < 4.78 is 11.4. The minimum atomic E-state index is -0.154. The van der Waals surface area contributed by atoms with Gasteiger partial charge in [0.15, 0.2) is 11.5 Å². The number of hydrogen-bond acceptors (Lipinski definition) is 4. The van der Waals surface area contributed by atoms with Crippen molar-refractivity contribution in [3.8, 4) is 11.5 Å². The molecule has 3 aromatic rings. The Balaban J connectivity index is 1.73. The van der Waals surface area contributed by atoms with E-state index in [2.05, 4.69) is 10.2 Å². The fourth-order valence-electron chi connectivity index (χ4n) is 3.19. The Kier molecular flexibility index (Phi) is 7.46. The lowest BCUT2D eigenvalue weighted by atomic mass is 10.1. The van der Waals surface area contributed by atoms with Gasteiger partial charge in [0.05, 0.1) is 13.2 Å². The second kappa shape index (κ2) is 10.5. The Labute approximate surface area is 178 Å². The highest BCUT2D eigenvalue weighted by Gasteiger charge is 2.18. The number of nitrogens with one attached hydrogen (secondary N) is 1. The number of methoxy groups -OCH3 is 1. The molecule has 3 aromatic carbocycles. The van der Waals surface area contributed by atoms with Gasteiger partial charge in [-0.15, -0.1) is 0 Å². The second-order valence-corrected chi connectivity index (χ2v) is 7.34. The van der Waals surface area contributed by atoms with Gasteiger partial charge in [-0.25, -0.2) is 0 Å². The molecule has 1 N–H and O–H groups in total. The van der Waals surface area contributed by atoms with Crippen LogP contribution >= 0.6 is 0 Å². The number of nitrogens with zero attached hydrogens (tertiary/aromatic N) is 1. The highest BCUT2D eigenvalue weighted by Crippen LogP contribution is 2.29. The fourth-order valence-corrected chi connectivity index (χ4v) is 3.19. The van der Waals surface area contributed by atoms with Crippen molar-refractivity contribution in [2.45, 2.75) is 12.6 Å². The van der Waals surface area contributed by atoms with Crippen LogP contribution in [0, 0.1) is 0 Å². The van der Waals surface area contributed by atoms with E-state index in [0.717, 1.165) is 11.1 Å². The first-order chi connectivity index (χ1) is 14.6. The number of benzene rings is 3. The Bertz CT molecular complexity index is 943. The van der Waals surface area contributed by atoms with Crippen LogP contribution in [-0.2, 0) is 6.61 Å². The monoisotopic (exact) mass is 404 g/mol. The van der Waals surface area contributed by atoms with Crippen molar-refractivity contribution < 1.29 is 14.3 Å². The molecule has 0 aliphatic heterocycles. The lowest BCUT2D eigenvalue weighted by Crippen LogP contribution is -2.35. The molecule has 156 valence electrons. The summed E-state index contributed by atoms with van der Waals surface area (Å²) in [6.07, 6.45) is 0. The Morgan fingerprint density at radius 2 is 1.60 bits per heavy atom. The minimum absolute atomic E-state index is 0.117. The SMILES string of the molecule is COc1cc(C(=O)N[C@H](CN(C)C)c2ccccc2)ccc1OCc1ccccc1. The first-order valence-electron chi connectivity index (χ1n) is 9.92. The summed E-state index contributed by atoms with van der Waals surface area (Å²) in [5.74, 6) is 0.979. The third-order valence-corrected chi connectivity index (χ3v) is 4.72. The van der Waals surface area contributed by atoms with Crippen molar-refractivity contribution in [3.05, 3.63) is 95.6 Å². The molecule has 3 rings (SSSR count). The van der Waals surface area contributed by atoms with Gasteiger partial charge < -0.3 is 19.7 Å². The first kappa shape index (κ1) is 21.4. The van der Waals surface area contributed by atoms with Gasteiger partial charge in [0.1, 0.15) is 6.61 Å². The lowest BCUT2D eigenvalue weighted by Gasteiger charge is -2.23. The van der Waals surface area contributed by atoms with Crippen LogP contribution in [0.2, 0.25) is 0 Å². The van der Waals surface area contributed by atoms with E-state index in [1.54, 1.807) is 25.3 Å². The van der Waals surface area contributed by atoms with E-state index in [1.165, 1.54) is 0 Å². The number of rotatable bonds is 9. The summed E-state index contributed by atoms with van der Waals surface area (Å²) in [6, 6.07) is 25.0. The van der Waals surface area contributed by atoms with Gasteiger partial charge in [-0.05, 0) is 43.4 Å². The summed E-state index contributed by atoms with van der Waals surface area (Å²) in [6.45, 7) is 1.13. The van der Waals surface area contributed by atoms with Gasteiger partial charge in [-0.2, -0.15) is 0 Å². The molecule has 0 saturated carbocycles.